The van der Waals surface area contributed by atoms with Crippen molar-refractivity contribution >= 4 is 29.3 Å². The first-order chi connectivity index (χ1) is 14.4. The highest BCUT2D eigenvalue weighted by molar-refractivity contribution is 7.98. The minimum atomic E-state index is -0.324. The lowest BCUT2D eigenvalue weighted by atomic mass is 10.2. The van der Waals surface area contributed by atoms with E-state index in [9.17, 15) is 9.18 Å². The molecule has 0 fully saturated rings. The van der Waals surface area contributed by atoms with Gasteiger partial charge in [-0.1, -0.05) is 48.5 Å². The molecule has 0 radical (unpaired) electrons. The van der Waals surface area contributed by atoms with Crippen molar-refractivity contribution in [1.29, 1.82) is 0 Å². The number of halogens is 2. The van der Waals surface area contributed by atoms with Crippen molar-refractivity contribution in [3.63, 3.8) is 0 Å². The third kappa shape index (κ3) is 5.40. The second kappa shape index (κ2) is 10.1. The quantitative estimate of drug-likeness (QED) is 0.455. The third-order valence-corrected chi connectivity index (χ3v) is 5.83. The van der Waals surface area contributed by atoms with Gasteiger partial charge in [0.1, 0.15) is 5.82 Å². The molecule has 0 spiro atoms. The van der Waals surface area contributed by atoms with Crippen molar-refractivity contribution in [3.8, 4) is 5.69 Å². The first-order valence-corrected chi connectivity index (χ1v) is 11.1. The van der Waals surface area contributed by atoms with Crippen LogP contribution >= 0.6 is 23.4 Å². The maximum Gasteiger partial charge on any atom is 0.220 e. The van der Waals surface area contributed by atoms with Gasteiger partial charge in [-0.05, 0) is 55.7 Å². The predicted molar refractivity (Wildman–Crippen MR) is 119 cm³/mol. The zero-order chi connectivity index (χ0) is 21.7. The van der Waals surface area contributed by atoms with Crippen molar-refractivity contribution < 1.29 is 9.18 Å². The van der Waals surface area contributed by atoms with Gasteiger partial charge in [0.25, 0.3) is 0 Å². The number of thioether (sulfide) groups is 1. The van der Waals surface area contributed by atoms with Gasteiger partial charge in [-0.25, -0.2) is 4.39 Å². The highest BCUT2D eigenvalue weighted by Crippen LogP contribution is 2.30. The maximum absolute atomic E-state index is 13.2. The first-order valence-electron chi connectivity index (χ1n) is 9.77. The molecule has 1 amide bonds. The smallest absolute Gasteiger partial charge is 0.220 e. The van der Waals surface area contributed by atoms with Gasteiger partial charge in [-0.2, -0.15) is 0 Å². The van der Waals surface area contributed by atoms with E-state index in [0.717, 1.165) is 23.2 Å². The van der Waals surface area contributed by atoms with Crippen molar-refractivity contribution in [2.24, 2.45) is 0 Å². The Morgan fingerprint density at radius 1 is 1.23 bits per heavy atom. The highest BCUT2D eigenvalue weighted by atomic mass is 35.5. The average Bonchev–Trinajstić information content (AvgIpc) is 3.13. The molecule has 1 atom stereocenters. The molecule has 0 bridgehead atoms. The van der Waals surface area contributed by atoms with E-state index in [2.05, 4.69) is 15.5 Å². The lowest BCUT2D eigenvalue weighted by Crippen LogP contribution is -2.28. The van der Waals surface area contributed by atoms with Crippen LogP contribution in [0, 0.1) is 12.7 Å². The van der Waals surface area contributed by atoms with Gasteiger partial charge >= 0.3 is 0 Å². The van der Waals surface area contributed by atoms with Crippen LogP contribution in [-0.4, -0.2) is 20.7 Å². The standard InChI is InChI=1S/C22H24ClFN4OS/c1-4-5-20(29)25-15(3)21-26-27-22(30-13-16-7-10-18(24)11-8-16)28(21)19-12-17(23)9-6-14(19)2/h6-12,15H,4-5,13H2,1-3H3,(H,25,29). The maximum atomic E-state index is 13.2. The number of aromatic nitrogens is 3. The van der Waals surface area contributed by atoms with Crippen LogP contribution in [0.4, 0.5) is 4.39 Å². The lowest BCUT2D eigenvalue weighted by molar-refractivity contribution is -0.121. The van der Waals surface area contributed by atoms with Crippen molar-refractivity contribution in [1.82, 2.24) is 20.1 Å². The Balaban J connectivity index is 1.95. The molecule has 5 nitrogen and oxygen atoms in total. The Kier molecular flexibility index (Phi) is 7.50. The zero-order valence-corrected chi connectivity index (χ0v) is 18.7. The molecule has 30 heavy (non-hydrogen) atoms. The van der Waals surface area contributed by atoms with Crippen LogP contribution in [0.5, 0.6) is 0 Å². The fourth-order valence-corrected chi connectivity index (χ4v) is 4.11. The molecule has 158 valence electrons. The van der Waals surface area contributed by atoms with E-state index < -0.39 is 0 Å². The summed E-state index contributed by atoms with van der Waals surface area (Å²) < 4.78 is 15.1. The summed E-state index contributed by atoms with van der Waals surface area (Å²) in [5.74, 6) is 0.948. The second-order valence-electron chi connectivity index (χ2n) is 7.06. The Labute approximate surface area is 185 Å². The first kappa shape index (κ1) is 22.3. The number of aryl methyl sites for hydroxylation is 1. The van der Waals surface area contributed by atoms with Crippen LogP contribution in [-0.2, 0) is 10.5 Å². The zero-order valence-electron chi connectivity index (χ0n) is 17.2. The molecule has 1 aromatic heterocycles. The summed E-state index contributed by atoms with van der Waals surface area (Å²) in [5, 5.41) is 13.0. The summed E-state index contributed by atoms with van der Waals surface area (Å²) in [7, 11) is 0. The summed E-state index contributed by atoms with van der Waals surface area (Å²) >= 11 is 7.76. The van der Waals surface area contributed by atoms with Gasteiger partial charge in [-0.3, -0.25) is 9.36 Å². The molecule has 3 aromatic rings. The molecule has 2 aromatic carbocycles. The predicted octanol–water partition coefficient (Wildman–Crippen LogP) is 5.64. The molecule has 3 rings (SSSR count). The van der Waals surface area contributed by atoms with E-state index in [4.69, 9.17) is 11.6 Å². The number of nitrogens with one attached hydrogen (secondary N) is 1. The summed E-state index contributed by atoms with van der Waals surface area (Å²) in [6.07, 6.45) is 1.23. The second-order valence-corrected chi connectivity index (χ2v) is 8.44. The fourth-order valence-electron chi connectivity index (χ4n) is 3.04. The number of hydrogen-bond donors (Lipinski definition) is 1. The van der Waals surface area contributed by atoms with Crippen molar-refractivity contribution in [3.05, 3.63) is 70.3 Å². The van der Waals surface area contributed by atoms with Gasteiger partial charge in [-0.15, -0.1) is 10.2 Å². The molecule has 0 aliphatic carbocycles. The van der Waals surface area contributed by atoms with Crippen LogP contribution in [0.15, 0.2) is 47.6 Å². The molecule has 1 N–H and O–H groups in total. The number of benzene rings is 2. The number of carbonyl (C=O) groups excluding carboxylic acids is 1. The van der Waals surface area contributed by atoms with E-state index in [1.807, 2.05) is 43.5 Å². The largest absolute Gasteiger partial charge is 0.346 e. The molecule has 0 aliphatic heterocycles. The summed E-state index contributed by atoms with van der Waals surface area (Å²) in [6.45, 7) is 5.85. The van der Waals surface area contributed by atoms with Gasteiger partial charge in [0.05, 0.1) is 11.7 Å². The Morgan fingerprint density at radius 2 is 1.97 bits per heavy atom. The van der Waals surface area contributed by atoms with Gasteiger partial charge in [0.2, 0.25) is 5.91 Å². The molecule has 1 unspecified atom stereocenters. The summed E-state index contributed by atoms with van der Waals surface area (Å²) in [4.78, 5) is 12.1. The number of amides is 1. The Morgan fingerprint density at radius 3 is 2.67 bits per heavy atom. The normalized spacial score (nSPS) is 12.0. The molecular formula is C22H24ClFN4OS. The van der Waals surface area contributed by atoms with Crippen molar-refractivity contribution in [2.45, 2.75) is 50.6 Å². The molecular weight excluding hydrogens is 423 g/mol. The van der Waals surface area contributed by atoms with Gasteiger partial charge < -0.3 is 5.32 Å². The minimum Gasteiger partial charge on any atom is -0.346 e. The SMILES string of the molecule is CCCC(=O)NC(C)c1nnc(SCc2ccc(F)cc2)n1-c1cc(Cl)ccc1C. The third-order valence-electron chi connectivity index (χ3n) is 4.59. The fraction of sp³-hybridized carbons (Fsp3) is 0.318. The van der Waals surface area contributed by atoms with E-state index in [1.165, 1.54) is 23.9 Å². The van der Waals surface area contributed by atoms with E-state index in [1.54, 1.807) is 12.1 Å². The van der Waals surface area contributed by atoms with Crippen LogP contribution in [0.2, 0.25) is 5.02 Å². The number of rotatable bonds is 8. The van der Waals surface area contributed by atoms with Crippen molar-refractivity contribution in [2.75, 3.05) is 0 Å². The number of hydrogen-bond acceptors (Lipinski definition) is 4. The topological polar surface area (TPSA) is 59.8 Å². The van der Waals surface area contributed by atoms with E-state index >= 15 is 0 Å². The Hall–Kier alpha value is -2.38. The van der Waals surface area contributed by atoms with Gasteiger partial charge in [0, 0.05) is 17.2 Å². The average molecular weight is 447 g/mol. The van der Waals surface area contributed by atoms with E-state index in [0.29, 0.717) is 28.2 Å². The molecule has 0 aliphatic rings. The Bertz CT molecular complexity index is 1020. The molecule has 0 saturated carbocycles. The van der Waals surface area contributed by atoms with Crippen LogP contribution in [0.1, 0.15) is 49.7 Å². The molecule has 1 heterocycles. The lowest BCUT2D eigenvalue weighted by Gasteiger charge is -2.18. The summed E-state index contributed by atoms with van der Waals surface area (Å²) in [6, 6.07) is 11.7. The number of nitrogens with zero attached hydrogens (tertiary/aromatic N) is 3. The minimum absolute atomic E-state index is 0.0251. The van der Waals surface area contributed by atoms with E-state index in [-0.39, 0.29) is 17.8 Å². The summed E-state index contributed by atoms with van der Waals surface area (Å²) in [5.41, 5.74) is 2.85. The van der Waals surface area contributed by atoms with Crippen LogP contribution in [0.3, 0.4) is 0 Å². The van der Waals surface area contributed by atoms with Crippen LogP contribution in [0.25, 0.3) is 5.69 Å². The number of carbonyl (C=O) groups is 1. The van der Waals surface area contributed by atoms with Crippen LogP contribution < -0.4 is 5.32 Å². The monoisotopic (exact) mass is 446 g/mol. The van der Waals surface area contributed by atoms with Gasteiger partial charge in [0.15, 0.2) is 11.0 Å². The molecule has 8 heteroatoms. The highest BCUT2D eigenvalue weighted by Gasteiger charge is 2.22. The molecule has 0 saturated heterocycles.